The summed E-state index contributed by atoms with van der Waals surface area (Å²) in [6, 6.07) is 0. The van der Waals surface area contributed by atoms with Gasteiger partial charge in [0.2, 0.25) is 0 Å². The van der Waals surface area contributed by atoms with Crippen LogP contribution < -0.4 is 5.73 Å². The second kappa shape index (κ2) is 4.35. The normalized spacial score (nSPS) is 26.1. The van der Waals surface area contributed by atoms with E-state index in [1.165, 1.54) is 25.7 Å². The number of nitrogens with zero attached hydrogens (tertiary/aromatic N) is 2. The molecule has 1 aromatic rings. The molecule has 1 aromatic heterocycles. The van der Waals surface area contributed by atoms with Crippen LogP contribution in [0.4, 0.5) is 5.82 Å². The predicted molar refractivity (Wildman–Crippen MR) is 72.0 cm³/mol. The Hall–Kier alpha value is -0.990. The Labute approximate surface area is 104 Å². The third-order valence-electron chi connectivity index (χ3n) is 3.88. The van der Waals surface area contributed by atoms with Gasteiger partial charge in [-0.05, 0) is 39.5 Å². The van der Waals surface area contributed by atoms with Crippen molar-refractivity contribution in [3.63, 3.8) is 0 Å². The molecule has 2 unspecified atom stereocenters. The summed E-state index contributed by atoms with van der Waals surface area (Å²) < 4.78 is 2.10. The van der Waals surface area contributed by atoms with Crippen LogP contribution in [0.1, 0.15) is 65.0 Å². The SMILES string of the molecule is CC1CCCC(c2ncn(C(C)(C)C)c2N)C1. The van der Waals surface area contributed by atoms with Crippen LogP contribution in [0, 0.1) is 5.92 Å². The topological polar surface area (TPSA) is 43.8 Å². The van der Waals surface area contributed by atoms with Crippen LogP contribution in [-0.2, 0) is 5.54 Å². The molecule has 0 aliphatic heterocycles. The molecule has 0 saturated heterocycles. The summed E-state index contributed by atoms with van der Waals surface area (Å²) in [5.41, 5.74) is 7.42. The highest BCUT2D eigenvalue weighted by Gasteiger charge is 2.26. The summed E-state index contributed by atoms with van der Waals surface area (Å²) in [6.45, 7) is 8.83. The van der Waals surface area contributed by atoms with Gasteiger partial charge in [-0.1, -0.05) is 19.8 Å². The van der Waals surface area contributed by atoms with Gasteiger partial charge in [0.25, 0.3) is 0 Å². The maximum atomic E-state index is 6.27. The highest BCUT2D eigenvalue weighted by atomic mass is 15.2. The van der Waals surface area contributed by atoms with Crippen LogP contribution in [0.5, 0.6) is 0 Å². The Bertz CT molecular complexity index is 387. The standard InChI is InChI=1S/C14H25N3/c1-10-6-5-7-11(8-10)12-13(15)17(9-16-12)14(2,3)4/h9-11H,5-8,15H2,1-4H3. The van der Waals surface area contributed by atoms with E-state index in [-0.39, 0.29) is 5.54 Å². The molecular weight excluding hydrogens is 210 g/mol. The average molecular weight is 235 g/mol. The summed E-state index contributed by atoms with van der Waals surface area (Å²) >= 11 is 0. The van der Waals surface area contributed by atoms with Crippen LogP contribution in [0.3, 0.4) is 0 Å². The highest BCUT2D eigenvalue weighted by Crippen LogP contribution is 2.38. The van der Waals surface area contributed by atoms with E-state index in [9.17, 15) is 0 Å². The second-order valence-electron chi connectivity index (χ2n) is 6.52. The van der Waals surface area contributed by atoms with Crippen LogP contribution in [0.2, 0.25) is 0 Å². The van der Waals surface area contributed by atoms with Gasteiger partial charge in [-0.15, -0.1) is 0 Å². The molecule has 0 aromatic carbocycles. The number of imidazole rings is 1. The molecule has 2 N–H and O–H groups in total. The summed E-state index contributed by atoms with van der Waals surface area (Å²) in [4.78, 5) is 4.58. The number of nitrogen functional groups attached to an aromatic ring is 1. The minimum Gasteiger partial charge on any atom is -0.384 e. The van der Waals surface area contributed by atoms with Gasteiger partial charge >= 0.3 is 0 Å². The number of anilines is 1. The molecule has 2 atom stereocenters. The van der Waals surface area contributed by atoms with Gasteiger partial charge in [-0.2, -0.15) is 0 Å². The van der Waals surface area contributed by atoms with E-state index < -0.39 is 0 Å². The van der Waals surface area contributed by atoms with Gasteiger partial charge in [0.15, 0.2) is 0 Å². The molecule has 1 aliphatic carbocycles. The van der Waals surface area contributed by atoms with E-state index in [1.54, 1.807) is 0 Å². The van der Waals surface area contributed by atoms with Gasteiger partial charge in [-0.25, -0.2) is 4.98 Å². The minimum atomic E-state index is 0.0234. The van der Waals surface area contributed by atoms with Gasteiger partial charge < -0.3 is 10.3 Å². The Morgan fingerprint density at radius 2 is 2.06 bits per heavy atom. The zero-order valence-corrected chi connectivity index (χ0v) is 11.5. The van der Waals surface area contributed by atoms with Gasteiger partial charge in [0.05, 0.1) is 12.0 Å². The molecule has 3 heteroatoms. The van der Waals surface area contributed by atoms with Crippen LogP contribution in [0.15, 0.2) is 6.33 Å². The van der Waals surface area contributed by atoms with Gasteiger partial charge in [0.1, 0.15) is 5.82 Å². The Kier molecular flexibility index (Phi) is 3.19. The molecule has 0 bridgehead atoms. The van der Waals surface area contributed by atoms with E-state index in [4.69, 9.17) is 5.73 Å². The smallest absolute Gasteiger partial charge is 0.127 e. The monoisotopic (exact) mass is 235 g/mol. The van der Waals surface area contributed by atoms with Crippen molar-refractivity contribution in [2.45, 2.75) is 64.8 Å². The maximum Gasteiger partial charge on any atom is 0.127 e. The fraction of sp³-hybridized carbons (Fsp3) is 0.786. The predicted octanol–water partition coefficient (Wildman–Crippen LogP) is 3.51. The average Bonchev–Trinajstić information content (AvgIpc) is 2.59. The van der Waals surface area contributed by atoms with E-state index in [0.717, 1.165) is 17.4 Å². The molecule has 0 amide bonds. The number of aromatic nitrogens is 2. The first kappa shape index (κ1) is 12.5. The third kappa shape index (κ3) is 2.48. The Balaban J connectivity index is 2.25. The van der Waals surface area contributed by atoms with Gasteiger partial charge in [-0.3, -0.25) is 0 Å². The molecule has 1 fully saturated rings. The molecule has 0 radical (unpaired) electrons. The maximum absolute atomic E-state index is 6.27. The van der Waals surface area contributed by atoms with E-state index in [1.807, 2.05) is 6.33 Å². The van der Waals surface area contributed by atoms with E-state index >= 15 is 0 Å². The number of hydrogen-bond donors (Lipinski definition) is 1. The van der Waals surface area contributed by atoms with Crippen LogP contribution in [-0.4, -0.2) is 9.55 Å². The summed E-state index contributed by atoms with van der Waals surface area (Å²) in [6.07, 6.45) is 7.06. The van der Waals surface area contributed by atoms with Crippen LogP contribution >= 0.6 is 0 Å². The van der Waals surface area contributed by atoms with Crippen molar-refractivity contribution >= 4 is 5.82 Å². The van der Waals surface area contributed by atoms with Crippen molar-refractivity contribution in [3.8, 4) is 0 Å². The van der Waals surface area contributed by atoms with Crippen molar-refractivity contribution in [1.29, 1.82) is 0 Å². The Morgan fingerprint density at radius 1 is 1.35 bits per heavy atom. The molecule has 1 saturated carbocycles. The highest BCUT2D eigenvalue weighted by molar-refractivity contribution is 5.39. The van der Waals surface area contributed by atoms with Crippen molar-refractivity contribution in [1.82, 2.24) is 9.55 Å². The third-order valence-corrected chi connectivity index (χ3v) is 3.88. The lowest BCUT2D eigenvalue weighted by atomic mass is 9.81. The van der Waals surface area contributed by atoms with Gasteiger partial charge in [0, 0.05) is 11.5 Å². The zero-order valence-electron chi connectivity index (χ0n) is 11.5. The first-order valence-electron chi connectivity index (χ1n) is 6.72. The lowest BCUT2D eigenvalue weighted by molar-refractivity contribution is 0.340. The summed E-state index contributed by atoms with van der Waals surface area (Å²) in [7, 11) is 0. The Morgan fingerprint density at radius 3 is 2.59 bits per heavy atom. The molecule has 2 rings (SSSR count). The quantitative estimate of drug-likeness (QED) is 0.809. The lowest BCUT2D eigenvalue weighted by Crippen LogP contribution is -2.23. The first-order valence-corrected chi connectivity index (χ1v) is 6.72. The van der Waals surface area contributed by atoms with Crippen molar-refractivity contribution < 1.29 is 0 Å². The lowest BCUT2D eigenvalue weighted by Gasteiger charge is -2.27. The van der Waals surface area contributed by atoms with Crippen molar-refractivity contribution in [2.75, 3.05) is 5.73 Å². The fourth-order valence-corrected chi connectivity index (χ4v) is 2.90. The van der Waals surface area contributed by atoms with E-state index in [2.05, 4.69) is 37.2 Å². The molecule has 1 aliphatic rings. The molecule has 96 valence electrons. The summed E-state index contributed by atoms with van der Waals surface area (Å²) in [5, 5.41) is 0. The van der Waals surface area contributed by atoms with Crippen molar-refractivity contribution in [2.24, 2.45) is 5.92 Å². The first-order chi connectivity index (χ1) is 7.89. The van der Waals surface area contributed by atoms with Crippen LogP contribution in [0.25, 0.3) is 0 Å². The summed E-state index contributed by atoms with van der Waals surface area (Å²) in [5.74, 6) is 2.26. The molecule has 0 spiro atoms. The molecule has 3 nitrogen and oxygen atoms in total. The number of rotatable bonds is 1. The number of hydrogen-bond acceptors (Lipinski definition) is 2. The fourth-order valence-electron chi connectivity index (χ4n) is 2.90. The second-order valence-corrected chi connectivity index (χ2v) is 6.52. The largest absolute Gasteiger partial charge is 0.384 e. The molecular formula is C14H25N3. The molecule has 1 heterocycles. The van der Waals surface area contributed by atoms with E-state index in [0.29, 0.717) is 5.92 Å². The zero-order chi connectivity index (χ0) is 12.6. The van der Waals surface area contributed by atoms with Crippen molar-refractivity contribution in [3.05, 3.63) is 12.0 Å². The molecule has 17 heavy (non-hydrogen) atoms. The number of nitrogens with two attached hydrogens (primary N) is 1. The minimum absolute atomic E-state index is 0.0234.